The largest absolute Gasteiger partial charge is 0.480 e. The van der Waals surface area contributed by atoms with E-state index in [4.69, 9.17) is 10.2 Å². The number of hydrogen-bond donors (Lipinski definition) is 7. The first-order chi connectivity index (χ1) is 15.5. The molecule has 1 aromatic rings. The maximum Gasteiger partial charge on any atom is 0.394 e. The van der Waals surface area contributed by atoms with Crippen LogP contribution < -0.4 is 21.3 Å². The summed E-state index contributed by atoms with van der Waals surface area (Å²) in [5.41, 5.74) is 0.490. The zero-order valence-electron chi connectivity index (χ0n) is 17.2. The van der Waals surface area contributed by atoms with E-state index in [-0.39, 0.29) is 18.9 Å². The van der Waals surface area contributed by atoms with Crippen molar-refractivity contribution in [3.8, 4) is 0 Å². The number of hydrogen-bond acceptors (Lipinski definition) is 6. The third-order valence-corrected chi connectivity index (χ3v) is 4.90. The van der Waals surface area contributed by atoms with Crippen molar-refractivity contribution in [2.45, 2.75) is 31.3 Å². The van der Waals surface area contributed by atoms with Gasteiger partial charge in [-0.1, -0.05) is 0 Å². The number of carboxylic acid groups (broad SMARTS) is 3. The second-order valence-electron chi connectivity index (χ2n) is 6.67. The number of benzene rings is 1. The van der Waals surface area contributed by atoms with Gasteiger partial charge in [0.05, 0.1) is 0 Å². The van der Waals surface area contributed by atoms with Crippen LogP contribution in [0.4, 0.5) is 4.79 Å². The number of unbranched alkanes of at least 4 members (excludes halogenated alkanes) is 1. The molecule has 0 aromatic heterocycles. The van der Waals surface area contributed by atoms with Crippen molar-refractivity contribution in [2.75, 3.05) is 13.1 Å². The Bertz CT molecular complexity index is 892. The summed E-state index contributed by atoms with van der Waals surface area (Å²) in [5, 5.41) is 35.4. The summed E-state index contributed by atoms with van der Waals surface area (Å²) in [6, 6.07) is 2.80. The summed E-state index contributed by atoms with van der Waals surface area (Å²) in [6.07, 6.45) is 0.777. The number of nitrogens with one attached hydrogen (secondary N) is 4. The van der Waals surface area contributed by atoms with E-state index >= 15 is 0 Å². The van der Waals surface area contributed by atoms with E-state index < -0.39 is 48.5 Å². The third kappa shape index (κ3) is 10.6. The topological polar surface area (TPSA) is 211 Å². The SMILES string of the molecule is O=C(N[C@@H](CCCCNC(=O)c1ccc(I)cc1)C(=O)O)N[C@@H](CNC(=O)C(=O)O)C(=O)O. The fourth-order valence-corrected chi connectivity index (χ4v) is 2.82. The van der Waals surface area contributed by atoms with Gasteiger partial charge >= 0.3 is 29.8 Å². The van der Waals surface area contributed by atoms with Crippen LogP contribution in [0.2, 0.25) is 0 Å². The van der Waals surface area contributed by atoms with Gasteiger partial charge in [-0.3, -0.25) is 9.59 Å². The first kappa shape index (κ1) is 27.6. The molecule has 2 atom stereocenters. The molecule has 14 heteroatoms. The Labute approximate surface area is 201 Å². The monoisotopic (exact) mass is 578 g/mol. The fraction of sp³-hybridized carbons (Fsp3) is 0.368. The minimum absolute atomic E-state index is 0.00957. The lowest BCUT2D eigenvalue weighted by Gasteiger charge is -2.18. The van der Waals surface area contributed by atoms with E-state index in [0.717, 1.165) is 3.57 Å². The molecule has 1 aromatic carbocycles. The molecule has 0 spiro atoms. The molecule has 0 unspecified atom stereocenters. The van der Waals surface area contributed by atoms with Crippen LogP contribution in [-0.2, 0) is 19.2 Å². The molecular formula is C19H23IN4O9. The normalized spacial score (nSPS) is 12.0. The molecule has 7 N–H and O–H groups in total. The van der Waals surface area contributed by atoms with Gasteiger partial charge in [-0.2, -0.15) is 0 Å². The van der Waals surface area contributed by atoms with E-state index in [1.54, 1.807) is 29.6 Å². The second kappa shape index (κ2) is 13.9. The molecule has 180 valence electrons. The molecule has 0 aliphatic heterocycles. The predicted octanol–water partition coefficient (Wildman–Crippen LogP) is -0.402. The summed E-state index contributed by atoms with van der Waals surface area (Å²) >= 11 is 2.12. The van der Waals surface area contributed by atoms with Gasteiger partial charge in [0.2, 0.25) is 0 Å². The first-order valence-corrected chi connectivity index (χ1v) is 10.7. The fourth-order valence-electron chi connectivity index (χ4n) is 2.46. The Balaban J connectivity index is 2.44. The van der Waals surface area contributed by atoms with Crippen molar-refractivity contribution >= 4 is 58.3 Å². The van der Waals surface area contributed by atoms with Gasteiger partial charge in [-0.15, -0.1) is 0 Å². The van der Waals surface area contributed by atoms with Crippen LogP contribution in [0.1, 0.15) is 29.6 Å². The van der Waals surface area contributed by atoms with Crippen LogP contribution in [0.5, 0.6) is 0 Å². The highest BCUT2D eigenvalue weighted by Crippen LogP contribution is 2.07. The smallest absolute Gasteiger partial charge is 0.394 e. The molecule has 33 heavy (non-hydrogen) atoms. The summed E-state index contributed by atoms with van der Waals surface area (Å²) < 4.78 is 0.986. The summed E-state index contributed by atoms with van der Waals surface area (Å²) in [7, 11) is 0. The molecule has 0 aliphatic rings. The molecule has 13 nitrogen and oxygen atoms in total. The highest BCUT2D eigenvalue weighted by atomic mass is 127. The highest BCUT2D eigenvalue weighted by Gasteiger charge is 2.25. The number of carbonyl (C=O) groups excluding carboxylic acids is 3. The third-order valence-electron chi connectivity index (χ3n) is 4.18. The highest BCUT2D eigenvalue weighted by molar-refractivity contribution is 14.1. The van der Waals surface area contributed by atoms with Crippen molar-refractivity contribution in [2.24, 2.45) is 0 Å². The maximum absolute atomic E-state index is 12.0. The van der Waals surface area contributed by atoms with Crippen molar-refractivity contribution in [3.63, 3.8) is 0 Å². The molecule has 0 radical (unpaired) electrons. The number of amides is 4. The van der Waals surface area contributed by atoms with Gasteiger partial charge in [0, 0.05) is 22.2 Å². The Hall–Kier alpha value is -3.43. The molecule has 0 heterocycles. The molecule has 4 amide bonds. The van der Waals surface area contributed by atoms with Crippen LogP contribution in [-0.4, -0.2) is 76.2 Å². The zero-order chi connectivity index (χ0) is 25.0. The van der Waals surface area contributed by atoms with Crippen molar-refractivity contribution in [1.82, 2.24) is 21.3 Å². The van der Waals surface area contributed by atoms with E-state index in [0.29, 0.717) is 18.4 Å². The van der Waals surface area contributed by atoms with E-state index in [1.807, 2.05) is 5.32 Å². The van der Waals surface area contributed by atoms with Crippen LogP contribution in [0.15, 0.2) is 24.3 Å². The standard InChI is InChI=1S/C19H23IN4O9/c20-11-6-4-10(5-7-11)14(25)21-8-2-1-3-12(16(27)28)23-19(33)24-13(17(29)30)9-22-15(26)18(31)32/h4-7,12-13H,1-3,8-9H2,(H,21,25)(H,22,26)(H,27,28)(H,29,30)(H,31,32)(H2,23,24,33)/t12-,13-/m0/s1. The van der Waals surface area contributed by atoms with Crippen LogP contribution in [0.25, 0.3) is 0 Å². The first-order valence-electron chi connectivity index (χ1n) is 9.58. The minimum Gasteiger partial charge on any atom is -0.480 e. The Morgan fingerprint density at radius 2 is 1.39 bits per heavy atom. The number of aliphatic carboxylic acids is 3. The Morgan fingerprint density at radius 1 is 0.818 bits per heavy atom. The lowest BCUT2D eigenvalue weighted by Crippen LogP contribution is -2.54. The average molecular weight is 578 g/mol. The van der Waals surface area contributed by atoms with E-state index in [2.05, 4.69) is 33.2 Å². The van der Waals surface area contributed by atoms with Gasteiger partial charge in [0.25, 0.3) is 5.91 Å². The molecular weight excluding hydrogens is 555 g/mol. The summed E-state index contributed by atoms with van der Waals surface area (Å²) in [5.74, 6) is -6.47. The van der Waals surface area contributed by atoms with Crippen molar-refractivity contribution in [1.29, 1.82) is 0 Å². The molecule has 0 saturated carbocycles. The second-order valence-corrected chi connectivity index (χ2v) is 7.92. The predicted molar refractivity (Wildman–Crippen MR) is 121 cm³/mol. The van der Waals surface area contributed by atoms with Gasteiger partial charge in [0.15, 0.2) is 0 Å². The van der Waals surface area contributed by atoms with E-state index in [1.165, 1.54) is 0 Å². The van der Waals surface area contributed by atoms with Crippen LogP contribution in [0.3, 0.4) is 0 Å². The van der Waals surface area contributed by atoms with Crippen molar-refractivity contribution in [3.05, 3.63) is 33.4 Å². The van der Waals surface area contributed by atoms with E-state index in [9.17, 15) is 33.9 Å². The maximum atomic E-state index is 12.0. The number of carbonyl (C=O) groups is 6. The Kier molecular flexibility index (Phi) is 11.6. The van der Waals surface area contributed by atoms with Crippen LogP contribution in [0, 0.1) is 3.57 Å². The molecule has 0 saturated heterocycles. The summed E-state index contributed by atoms with van der Waals surface area (Å²) in [4.78, 5) is 68.0. The Morgan fingerprint density at radius 3 is 1.94 bits per heavy atom. The molecule has 0 bridgehead atoms. The van der Waals surface area contributed by atoms with Gasteiger partial charge in [-0.25, -0.2) is 19.2 Å². The zero-order valence-corrected chi connectivity index (χ0v) is 19.3. The lowest BCUT2D eigenvalue weighted by atomic mass is 10.1. The van der Waals surface area contributed by atoms with Crippen molar-refractivity contribution < 1.29 is 44.1 Å². The quantitative estimate of drug-likeness (QED) is 0.0976. The van der Waals surface area contributed by atoms with Gasteiger partial charge < -0.3 is 36.6 Å². The number of halogens is 1. The number of rotatable bonds is 12. The van der Waals surface area contributed by atoms with Gasteiger partial charge in [-0.05, 0) is 66.1 Å². The van der Waals surface area contributed by atoms with Gasteiger partial charge in [0.1, 0.15) is 12.1 Å². The van der Waals surface area contributed by atoms with Crippen LogP contribution >= 0.6 is 22.6 Å². The number of carboxylic acids is 3. The average Bonchev–Trinajstić information content (AvgIpc) is 2.75. The summed E-state index contributed by atoms with van der Waals surface area (Å²) in [6.45, 7) is -0.431. The minimum atomic E-state index is -1.83. The molecule has 0 fully saturated rings. The number of urea groups is 1. The molecule has 0 aliphatic carbocycles. The molecule has 1 rings (SSSR count). The lowest BCUT2D eigenvalue weighted by molar-refractivity contribution is -0.150.